The Morgan fingerprint density at radius 3 is 2.83 bits per heavy atom. The second kappa shape index (κ2) is 8.00. The normalized spacial score (nSPS) is 11.0. The topological polar surface area (TPSA) is 73.1 Å². The van der Waals surface area contributed by atoms with E-state index in [1.54, 1.807) is 29.0 Å². The molecule has 0 radical (unpaired) electrons. The number of rotatable bonds is 6. The van der Waals surface area contributed by atoms with Crippen LogP contribution in [-0.2, 0) is 13.6 Å². The van der Waals surface area contributed by atoms with Gasteiger partial charge in [0, 0.05) is 31.2 Å². The molecule has 1 amide bonds. The zero-order chi connectivity index (χ0) is 20.4. The third-order valence-electron chi connectivity index (χ3n) is 4.42. The maximum Gasteiger partial charge on any atom is 0.281 e. The minimum Gasteiger partial charge on any atom is -0.492 e. The van der Waals surface area contributed by atoms with Crippen molar-refractivity contribution < 1.29 is 9.53 Å². The van der Waals surface area contributed by atoms with E-state index in [4.69, 9.17) is 9.72 Å². The molecule has 3 aromatic heterocycles. The van der Waals surface area contributed by atoms with Crippen LogP contribution in [0.25, 0.3) is 10.2 Å². The fourth-order valence-corrected chi connectivity index (χ4v) is 4.13. The number of anilines is 1. The van der Waals surface area contributed by atoms with E-state index in [-0.39, 0.29) is 5.91 Å². The summed E-state index contributed by atoms with van der Waals surface area (Å²) in [5.74, 6) is 0.527. The van der Waals surface area contributed by atoms with Crippen molar-refractivity contribution in [2.24, 2.45) is 7.05 Å². The van der Waals surface area contributed by atoms with Gasteiger partial charge in [-0.2, -0.15) is 5.10 Å². The van der Waals surface area contributed by atoms with Crippen LogP contribution in [0.2, 0.25) is 0 Å². The van der Waals surface area contributed by atoms with Crippen molar-refractivity contribution in [3.8, 4) is 5.75 Å². The highest BCUT2D eigenvalue weighted by molar-refractivity contribution is 7.22. The van der Waals surface area contributed by atoms with E-state index in [1.165, 1.54) is 11.3 Å². The number of aromatic nitrogens is 4. The third-order valence-corrected chi connectivity index (χ3v) is 5.47. The van der Waals surface area contributed by atoms with Gasteiger partial charge in [0.2, 0.25) is 0 Å². The predicted octanol–water partition coefficient (Wildman–Crippen LogP) is 3.98. The highest BCUT2D eigenvalue weighted by Gasteiger charge is 2.26. The maximum absolute atomic E-state index is 13.4. The van der Waals surface area contributed by atoms with Crippen molar-refractivity contribution in [2.75, 3.05) is 11.5 Å². The molecule has 4 rings (SSSR count). The highest BCUT2D eigenvalue weighted by Crippen LogP contribution is 2.35. The van der Waals surface area contributed by atoms with E-state index in [0.29, 0.717) is 24.0 Å². The van der Waals surface area contributed by atoms with Crippen molar-refractivity contribution in [3.63, 3.8) is 0 Å². The molecule has 0 N–H and O–H groups in total. The van der Waals surface area contributed by atoms with Crippen molar-refractivity contribution in [2.45, 2.75) is 20.4 Å². The largest absolute Gasteiger partial charge is 0.492 e. The molecule has 0 atom stereocenters. The monoisotopic (exact) mass is 407 g/mol. The minimum absolute atomic E-state index is 0.191. The molecule has 0 fully saturated rings. The van der Waals surface area contributed by atoms with Gasteiger partial charge >= 0.3 is 0 Å². The van der Waals surface area contributed by atoms with Gasteiger partial charge in [-0.05, 0) is 37.6 Å². The van der Waals surface area contributed by atoms with Gasteiger partial charge in [0.1, 0.15) is 11.3 Å². The first-order chi connectivity index (χ1) is 14.1. The fourth-order valence-electron chi connectivity index (χ4n) is 3.15. The van der Waals surface area contributed by atoms with Crippen molar-refractivity contribution in [1.29, 1.82) is 0 Å². The summed E-state index contributed by atoms with van der Waals surface area (Å²) in [6.07, 6.45) is 5.30. The van der Waals surface area contributed by atoms with Crippen LogP contribution >= 0.6 is 11.3 Å². The number of nitrogens with zero attached hydrogens (tertiary/aromatic N) is 5. The number of para-hydroxylation sites is 1. The van der Waals surface area contributed by atoms with Gasteiger partial charge in [0.25, 0.3) is 5.91 Å². The Morgan fingerprint density at radius 1 is 1.28 bits per heavy atom. The van der Waals surface area contributed by atoms with Crippen molar-refractivity contribution >= 4 is 32.6 Å². The molecule has 0 saturated carbocycles. The Labute approximate surface area is 172 Å². The number of aryl methyl sites for hydroxylation is 2. The molecule has 0 bridgehead atoms. The van der Waals surface area contributed by atoms with Crippen LogP contribution in [0.3, 0.4) is 0 Å². The summed E-state index contributed by atoms with van der Waals surface area (Å²) < 4.78 is 8.33. The smallest absolute Gasteiger partial charge is 0.281 e. The number of carbonyl (C=O) groups is 1. The molecule has 3 heterocycles. The predicted molar refractivity (Wildman–Crippen MR) is 113 cm³/mol. The van der Waals surface area contributed by atoms with E-state index in [2.05, 4.69) is 10.1 Å². The molecule has 1 aromatic carbocycles. The number of amides is 1. The molecule has 29 heavy (non-hydrogen) atoms. The quantitative estimate of drug-likeness (QED) is 0.483. The first kappa shape index (κ1) is 19.1. The second-order valence-electron chi connectivity index (χ2n) is 6.62. The number of hydrogen-bond donors (Lipinski definition) is 0. The average molecular weight is 407 g/mol. The molecule has 0 aliphatic heterocycles. The number of benzene rings is 1. The zero-order valence-electron chi connectivity index (χ0n) is 16.5. The number of ether oxygens (including phenoxy) is 1. The summed E-state index contributed by atoms with van der Waals surface area (Å²) in [5.41, 5.74) is 2.92. The molecular weight excluding hydrogens is 386 g/mol. The molecule has 0 unspecified atom stereocenters. The molecule has 8 heteroatoms. The lowest BCUT2D eigenvalue weighted by Crippen LogP contribution is -2.31. The van der Waals surface area contributed by atoms with E-state index in [0.717, 1.165) is 27.1 Å². The van der Waals surface area contributed by atoms with Gasteiger partial charge in [0.15, 0.2) is 10.8 Å². The van der Waals surface area contributed by atoms with Gasteiger partial charge in [0.05, 0.1) is 17.9 Å². The Hall–Kier alpha value is -3.26. The number of pyridine rings is 1. The summed E-state index contributed by atoms with van der Waals surface area (Å²) >= 11 is 1.46. The number of thiazole rings is 1. The fraction of sp³-hybridized carbons (Fsp3) is 0.238. The molecule has 0 spiro atoms. The van der Waals surface area contributed by atoms with Crippen LogP contribution in [0.5, 0.6) is 5.75 Å². The Kier molecular flexibility index (Phi) is 5.26. The summed E-state index contributed by atoms with van der Waals surface area (Å²) in [6.45, 7) is 4.73. The Morgan fingerprint density at radius 2 is 2.14 bits per heavy atom. The summed E-state index contributed by atoms with van der Waals surface area (Å²) in [5, 5.41) is 4.96. The third kappa shape index (κ3) is 3.84. The molecule has 0 aliphatic carbocycles. The summed E-state index contributed by atoms with van der Waals surface area (Å²) in [4.78, 5) is 24.0. The Bertz CT molecular complexity index is 1150. The second-order valence-corrected chi connectivity index (χ2v) is 7.63. The lowest BCUT2D eigenvalue weighted by Gasteiger charge is -2.19. The van der Waals surface area contributed by atoms with Gasteiger partial charge < -0.3 is 4.74 Å². The lowest BCUT2D eigenvalue weighted by atomic mass is 10.2. The number of carbonyl (C=O) groups excluding carboxylic acids is 1. The molecule has 148 valence electrons. The van der Waals surface area contributed by atoms with Crippen LogP contribution in [0.1, 0.15) is 28.5 Å². The first-order valence-electron chi connectivity index (χ1n) is 9.30. The van der Waals surface area contributed by atoms with Crippen LogP contribution in [0, 0.1) is 6.92 Å². The van der Waals surface area contributed by atoms with Gasteiger partial charge in [-0.1, -0.05) is 23.5 Å². The van der Waals surface area contributed by atoms with Crippen LogP contribution < -0.4 is 9.64 Å². The maximum atomic E-state index is 13.4. The van der Waals surface area contributed by atoms with Gasteiger partial charge in [-0.15, -0.1) is 0 Å². The molecule has 0 aliphatic rings. The standard InChI is InChI=1S/C21H21N5O2S/c1-4-28-16-8-5-9-17-19(16)23-21(29-17)26(13-15-7-6-10-22-11-15)20(27)18-14(2)12-25(3)24-18/h5-12H,4,13H2,1-3H3. The minimum atomic E-state index is -0.191. The van der Waals surface area contributed by atoms with Crippen LogP contribution in [-0.4, -0.2) is 32.3 Å². The van der Waals surface area contributed by atoms with E-state index >= 15 is 0 Å². The van der Waals surface area contributed by atoms with Gasteiger partial charge in [-0.25, -0.2) is 4.98 Å². The highest BCUT2D eigenvalue weighted by atomic mass is 32.1. The van der Waals surface area contributed by atoms with E-state index < -0.39 is 0 Å². The van der Waals surface area contributed by atoms with Crippen molar-refractivity contribution in [1.82, 2.24) is 19.7 Å². The van der Waals surface area contributed by atoms with Crippen LogP contribution in [0.15, 0.2) is 48.9 Å². The molecular formula is C21H21N5O2S. The lowest BCUT2D eigenvalue weighted by molar-refractivity contribution is 0.0979. The molecule has 0 saturated heterocycles. The van der Waals surface area contributed by atoms with Gasteiger partial charge in [-0.3, -0.25) is 19.4 Å². The first-order valence-corrected chi connectivity index (χ1v) is 10.1. The summed E-state index contributed by atoms with van der Waals surface area (Å²) in [7, 11) is 1.81. The zero-order valence-corrected chi connectivity index (χ0v) is 17.3. The number of fused-ring (bicyclic) bond motifs is 1. The SMILES string of the molecule is CCOc1cccc2sc(N(Cc3cccnc3)C(=O)c3nn(C)cc3C)nc12. The average Bonchev–Trinajstić information content (AvgIpc) is 3.30. The summed E-state index contributed by atoms with van der Waals surface area (Å²) in [6, 6.07) is 9.61. The van der Waals surface area contributed by atoms with E-state index in [9.17, 15) is 4.79 Å². The Balaban J connectivity index is 1.79. The van der Waals surface area contributed by atoms with Crippen molar-refractivity contribution in [3.05, 3.63) is 65.7 Å². The van der Waals surface area contributed by atoms with E-state index in [1.807, 2.05) is 50.4 Å². The number of hydrogen-bond acceptors (Lipinski definition) is 6. The molecule has 7 nitrogen and oxygen atoms in total. The molecule has 4 aromatic rings. The van der Waals surface area contributed by atoms with Crippen LogP contribution in [0.4, 0.5) is 5.13 Å².